The first-order chi connectivity index (χ1) is 15.5. The van der Waals surface area contributed by atoms with Crippen LogP contribution in [0, 0.1) is 17.6 Å². The van der Waals surface area contributed by atoms with E-state index in [1.165, 1.54) is 19.1 Å². The van der Waals surface area contributed by atoms with E-state index < -0.39 is 22.7 Å². The average Bonchev–Trinajstić information content (AvgIpc) is 3.12. The second kappa shape index (κ2) is 9.92. The van der Waals surface area contributed by atoms with Crippen molar-refractivity contribution in [3.63, 3.8) is 0 Å². The number of carbonyl (C=O) groups is 2. The van der Waals surface area contributed by atoms with E-state index in [0.29, 0.717) is 12.8 Å². The molecule has 1 aromatic carbocycles. The summed E-state index contributed by atoms with van der Waals surface area (Å²) < 4.78 is 27.6. The number of hydrogen-bond donors (Lipinski definition) is 2. The molecule has 3 rings (SSSR count). The molecule has 0 radical (unpaired) electrons. The van der Waals surface area contributed by atoms with Crippen molar-refractivity contribution in [3.8, 4) is 0 Å². The first kappa shape index (κ1) is 25.3. The first-order valence-corrected chi connectivity index (χ1v) is 11.9. The van der Waals surface area contributed by atoms with Crippen molar-refractivity contribution in [1.29, 1.82) is 0 Å². The van der Waals surface area contributed by atoms with Crippen LogP contribution in [0.2, 0.25) is 0 Å². The molecule has 5 nitrogen and oxygen atoms in total. The summed E-state index contributed by atoms with van der Waals surface area (Å²) in [6.45, 7) is 12.5. The molecule has 0 spiro atoms. The minimum atomic E-state index is -1.01. The number of piperidine rings is 1. The van der Waals surface area contributed by atoms with Crippen LogP contribution in [0.5, 0.6) is 0 Å². The molecule has 33 heavy (non-hydrogen) atoms. The summed E-state index contributed by atoms with van der Waals surface area (Å²) in [4.78, 5) is 28.1. The van der Waals surface area contributed by atoms with Crippen LogP contribution in [-0.2, 0) is 16.0 Å². The van der Waals surface area contributed by atoms with Crippen molar-refractivity contribution in [2.75, 3.05) is 13.1 Å². The maximum Gasteiger partial charge on any atom is 0.246 e. The molecule has 1 aliphatic heterocycles. The van der Waals surface area contributed by atoms with Crippen molar-refractivity contribution >= 4 is 11.8 Å². The van der Waals surface area contributed by atoms with Crippen LogP contribution < -0.4 is 10.6 Å². The van der Waals surface area contributed by atoms with Crippen LogP contribution in [0.4, 0.5) is 8.78 Å². The monoisotopic (exact) mass is 461 g/mol. The Morgan fingerprint density at radius 2 is 1.76 bits per heavy atom. The standard InChI is InChI=1S/C26H37F2N3O2/c1-6-7-12-26(29-17(2)32,24(33)30-25(3,4)5)19-10-13-31(14-11-19)23-9-8-18-15-21(27)22(28)16-20(18)23/h6,15-16,19,23H,1,7-14H2,2-5H3,(H,29,32)(H,30,33). The smallest absolute Gasteiger partial charge is 0.246 e. The molecular formula is C26H37F2N3O2. The van der Waals surface area contributed by atoms with Gasteiger partial charge in [-0.1, -0.05) is 6.08 Å². The molecule has 1 fully saturated rings. The molecule has 2 atom stereocenters. The summed E-state index contributed by atoms with van der Waals surface area (Å²) in [7, 11) is 0. The van der Waals surface area contributed by atoms with Gasteiger partial charge in [-0.05, 0) is 102 Å². The Labute approximate surface area is 196 Å². The molecule has 1 heterocycles. The number of nitrogens with one attached hydrogen (secondary N) is 2. The van der Waals surface area contributed by atoms with Crippen LogP contribution in [0.3, 0.4) is 0 Å². The van der Waals surface area contributed by atoms with Crippen LogP contribution >= 0.6 is 0 Å². The lowest BCUT2D eigenvalue weighted by molar-refractivity contribution is -0.138. The third-order valence-corrected chi connectivity index (χ3v) is 6.93. The first-order valence-electron chi connectivity index (χ1n) is 11.9. The Kier molecular flexibility index (Phi) is 7.62. The summed E-state index contributed by atoms with van der Waals surface area (Å²) in [5, 5.41) is 6.11. The third-order valence-electron chi connectivity index (χ3n) is 6.93. The Bertz CT molecular complexity index is 904. The van der Waals surface area contributed by atoms with E-state index in [2.05, 4.69) is 22.1 Å². The van der Waals surface area contributed by atoms with E-state index in [0.717, 1.165) is 49.9 Å². The topological polar surface area (TPSA) is 61.4 Å². The zero-order valence-corrected chi connectivity index (χ0v) is 20.3. The third kappa shape index (κ3) is 5.62. The number of allylic oxidation sites excluding steroid dienone is 1. The molecule has 0 bridgehead atoms. The highest BCUT2D eigenvalue weighted by Crippen LogP contribution is 2.41. The van der Waals surface area contributed by atoms with Gasteiger partial charge in [0.2, 0.25) is 11.8 Å². The van der Waals surface area contributed by atoms with Gasteiger partial charge in [0, 0.05) is 18.5 Å². The predicted molar refractivity (Wildman–Crippen MR) is 126 cm³/mol. The van der Waals surface area contributed by atoms with Gasteiger partial charge in [0.25, 0.3) is 0 Å². The molecule has 2 aliphatic rings. The van der Waals surface area contributed by atoms with E-state index in [1.807, 2.05) is 20.8 Å². The molecule has 182 valence electrons. The molecule has 0 aromatic heterocycles. The quantitative estimate of drug-likeness (QED) is 0.591. The number of hydrogen-bond acceptors (Lipinski definition) is 3. The molecule has 0 saturated carbocycles. The van der Waals surface area contributed by atoms with Crippen molar-refractivity contribution < 1.29 is 18.4 Å². The molecule has 1 saturated heterocycles. The fourth-order valence-electron chi connectivity index (χ4n) is 5.48. The molecular weight excluding hydrogens is 424 g/mol. The van der Waals surface area contributed by atoms with Gasteiger partial charge in [0.05, 0.1) is 0 Å². The van der Waals surface area contributed by atoms with Crippen LogP contribution in [0.15, 0.2) is 24.8 Å². The van der Waals surface area contributed by atoms with E-state index in [-0.39, 0.29) is 23.8 Å². The highest BCUT2D eigenvalue weighted by atomic mass is 19.2. The maximum absolute atomic E-state index is 13.9. The van der Waals surface area contributed by atoms with Gasteiger partial charge in [0.1, 0.15) is 5.54 Å². The van der Waals surface area contributed by atoms with Crippen LogP contribution in [0.25, 0.3) is 0 Å². The Hall–Kier alpha value is -2.28. The van der Waals surface area contributed by atoms with Crippen LogP contribution in [-0.4, -0.2) is 40.9 Å². The number of benzene rings is 1. The zero-order valence-electron chi connectivity index (χ0n) is 20.3. The Balaban J connectivity index is 1.81. The lowest BCUT2D eigenvalue weighted by Gasteiger charge is -2.46. The van der Waals surface area contributed by atoms with Gasteiger partial charge in [0.15, 0.2) is 11.6 Å². The minimum absolute atomic E-state index is 0.0363. The van der Waals surface area contributed by atoms with Gasteiger partial charge >= 0.3 is 0 Å². The van der Waals surface area contributed by atoms with Gasteiger partial charge in [-0.2, -0.15) is 0 Å². The summed E-state index contributed by atoms with van der Waals surface area (Å²) in [6, 6.07) is 2.73. The van der Waals surface area contributed by atoms with E-state index in [4.69, 9.17) is 0 Å². The average molecular weight is 462 g/mol. The number of halogens is 2. The number of amides is 2. The van der Waals surface area contributed by atoms with Crippen molar-refractivity contribution in [2.45, 2.75) is 83.3 Å². The molecule has 2 unspecified atom stereocenters. The zero-order chi connectivity index (χ0) is 24.4. The highest BCUT2D eigenvalue weighted by molar-refractivity contribution is 5.91. The maximum atomic E-state index is 13.9. The summed E-state index contributed by atoms with van der Waals surface area (Å²) >= 11 is 0. The fourth-order valence-corrected chi connectivity index (χ4v) is 5.48. The lowest BCUT2D eigenvalue weighted by atomic mass is 9.73. The van der Waals surface area contributed by atoms with Gasteiger partial charge in [-0.15, -0.1) is 6.58 Å². The van der Waals surface area contributed by atoms with E-state index in [1.54, 1.807) is 6.08 Å². The predicted octanol–water partition coefficient (Wildman–Crippen LogP) is 4.42. The van der Waals surface area contributed by atoms with Gasteiger partial charge in [-0.3, -0.25) is 14.5 Å². The second-order valence-electron chi connectivity index (χ2n) is 10.5. The lowest BCUT2D eigenvalue weighted by Crippen LogP contribution is -2.66. The SMILES string of the molecule is C=CCCC(NC(C)=O)(C(=O)NC(C)(C)C)C1CCN(C2CCc3cc(F)c(F)cc32)CC1. The summed E-state index contributed by atoms with van der Waals surface area (Å²) in [6.07, 6.45) is 5.90. The highest BCUT2D eigenvalue weighted by Gasteiger charge is 2.48. The van der Waals surface area contributed by atoms with E-state index >= 15 is 0 Å². The number of aryl methyl sites for hydroxylation is 1. The number of carbonyl (C=O) groups excluding carboxylic acids is 2. The largest absolute Gasteiger partial charge is 0.349 e. The molecule has 1 aromatic rings. The van der Waals surface area contributed by atoms with E-state index in [9.17, 15) is 18.4 Å². The normalized spacial score (nSPS) is 21.2. The van der Waals surface area contributed by atoms with Crippen molar-refractivity contribution in [1.82, 2.24) is 15.5 Å². The summed E-state index contributed by atoms with van der Waals surface area (Å²) in [5.41, 5.74) is 0.312. The minimum Gasteiger partial charge on any atom is -0.349 e. The van der Waals surface area contributed by atoms with Crippen molar-refractivity contribution in [2.24, 2.45) is 5.92 Å². The van der Waals surface area contributed by atoms with Crippen molar-refractivity contribution in [3.05, 3.63) is 47.5 Å². The summed E-state index contributed by atoms with van der Waals surface area (Å²) in [5.74, 6) is -2.02. The number of fused-ring (bicyclic) bond motifs is 1. The van der Waals surface area contributed by atoms with Crippen LogP contribution in [0.1, 0.15) is 77.0 Å². The Morgan fingerprint density at radius 3 is 2.33 bits per heavy atom. The molecule has 7 heteroatoms. The Morgan fingerprint density at radius 1 is 1.12 bits per heavy atom. The molecule has 1 aliphatic carbocycles. The van der Waals surface area contributed by atoms with Gasteiger partial charge < -0.3 is 10.6 Å². The number of rotatable bonds is 7. The fraction of sp³-hybridized carbons (Fsp3) is 0.615. The second-order valence-corrected chi connectivity index (χ2v) is 10.5. The number of likely N-dealkylation sites (tertiary alicyclic amines) is 1. The molecule has 2 amide bonds. The number of nitrogens with zero attached hydrogens (tertiary/aromatic N) is 1. The molecule has 2 N–H and O–H groups in total. The van der Waals surface area contributed by atoms with Gasteiger partial charge in [-0.25, -0.2) is 8.78 Å².